The van der Waals surface area contributed by atoms with Crippen LogP contribution in [0.5, 0.6) is 0 Å². The van der Waals surface area contributed by atoms with E-state index in [4.69, 9.17) is 0 Å². The van der Waals surface area contributed by atoms with Crippen LogP contribution in [0.25, 0.3) is 0 Å². The van der Waals surface area contributed by atoms with Gasteiger partial charge in [-0.1, -0.05) is 19.1 Å². The lowest BCUT2D eigenvalue weighted by molar-refractivity contribution is -0.115. The van der Waals surface area contributed by atoms with Gasteiger partial charge in [-0.25, -0.2) is 13.1 Å². The Morgan fingerprint density at radius 1 is 1.27 bits per heavy atom. The summed E-state index contributed by atoms with van der Waals surface area (Å²) < 4.78 is 25.0. The molecule has 1 heterocycles. The Kier molecular flexibility index (Phi) is 5.55. The number of carbonyl (C=O) groups excluding carboxylic acids is 1. The van der Waals surface area contributed by atoms with Gasteiger partial charge in [0.25, 0.3) is 0 Å². The van der Waals surface area contributed by atoms with Gasteiger partial charge in [-0.05, 0) is 37.1 Å². The van der Waals surface area contributed by atoms with Crippen LogP contribution in [0.3, 0.4) is 0 Å². The van der Waals surface area contributed by atoms with Crippen molar-refractivity contribution in [3.63, 3.8) is 0 Å². The topological polar surface area (TPSA) is 78.5 Å². The first-order valence-corrected chi connectivity index (χ1v) is 9.20. The first kappa shape index (κ1) is 16.9. The molecule has 1 amide bonds. The fraction of sp³-hybridized carbons (Fsp3) is 0.533. The molecule has 2 rings (SSSR count). The SMILES string of the molecule is CCCN1Cc2cccc(NC(=O)CNS(=O)(=O)CC)c2C1. The predicted octanol–water partition coefficient (Wildman–Crippen LogP) is 1.29. The van der Waals surface area contributed by atoms with Crippen molar-refractivity contribution in [1.29, 1.82) is 0 Å². The van der Waals surface area contributed by atoms with Crippen LogP contribution in [-0.4, -0.2) is 38.1 Å². The number of fused-ring (bicyclic) bond motifs is 1. The second kappa shape index (κ2) is 7.21. The van der Waals surface area contributed by atoms with E-state index in [1.54, 1.807) is 0 Å². The predicted molar refractivity (Wildman–Crippen MR) is 86.9 cm³/mol. The molecular weight excluding hydrogens is 302 g/mol. The Balaban J connectivity index is 2.00. The highest BCUT2D eigenvalue weighted by atomic mass is 32.2. The molecule has 122 valence electrons. The molecule has 0 aromatic heterocycles. The number of rotatable bonds is 7. The van der Waals surface area contributed by atoms with Gasteiger partial charge in [0.05, 0.1) is 12.3 Å². The van der Waals surface area contributed by atoms with E-state index in [2.05, 4.69) is 27.9 Å². The summed E-state index contributed by atoms with van der Waals surface area (Å²) in [6.07, 6.45) is 1.09. The Morgan fingerprint density at radius 2 is 2.05 bits per heavy atom. The summed E-state index contributed by atoms with van der Waals surface area (Å²) in [5.74, 6) is -0.383. The first-order chi connectivity index (χ1) is 10.4. The lowest BCUT2D eigenvalue weighted by Crippen LogP contribution is -2.34. The van der Waals surface area contributed by atoms with Crippen LogP contribution < -0.4 is 10.0 Å². The Bertz CT molecular complexity index is 643. The second-order valence-corrected chi connectivity index (χ2v) is 7.52. The summed E-state index contributed by atoms with van der Waals surface area (Å²) >= 11 is 0. The third kappa shape index (κ3) is 4.28. The number of sulfonamides is 1. The summed E-state index contributed by atoms with van der Waals surface area (Å²) in [6, 6.07) is 5.85. The highest BCUT2D eigenvalue weighted by Gasteiger charge is 2.21. The van der Waals surface area contributed by atoms with Crippen LogP contribution in [0.15, 0.2) is 18.2 Å². The van der Waals surface area contributed by atoms with E-state index in [0.717, 1.165) is 37.3 Å². The van der Waals surface area contributed by atoms with Gasteiger partial charge >= 0.3 is 0 Å². The van der Waals surface area contributed by atoms with E-state index in [1.807, 2.05) is 12.1 Å². The molecular formula is C15H23N3O3S. The molecule has 1 aromatic rings. The molecule has 7 heteroatoms. The van der Waals surface area contributed by atoms with Crippen LogP contribution in [0.2, 0.25) is 0 Å². The number of hydrogen-bond donors (Lipinski definition) is 2. The molecule has 2 N–H and O–H groups in total. The van der Waals surface area contributed by atoms with Crippen LogP contribution in [0.4, 0.5) is 5.69 Å². The summed E-state index contributed by atoms with van der Waals surface area (Å²) in [5.41, 5.74) is 3.12. The fourth-order valence-electron chi connectivity index (χ4n) is 2.55. The molecule has 1 aliphatic rings. The highest BCUT2D eigenvalue weighted by Crippen LogP contribution is 2.29. The minimum absolute atomic E-state index is 0.0347. The van der Waals surface area contributed by atoms with Gasteiger partial charge in [0, 0.05) is 18.8 Å². The van der Waals surface area contributed by atoms with Gasteiger partial charge in [0.15, 0.2) is 0 Å². The molecule has 0 unspecified atom stereocenters. The fourth-order valence-corrected chi connectivity index (χ4v) is 3.11. The highest BCUT2D eigenvalue weighted by molar-refractivity contribution is 7.89. The van der Waals surface area contributed by atoms with Crippen molar-refractivity contribution in [2.75, 3.05) is 24.2 Å². The van der Waals surface area contributed by atoms with Crippen molar-refractivity contribution >= 4 is 21.6 Å². The molecule has 0 fully saturated rings. The Labute approximate surface area is 131 Å². The maximum atomic E-state index is 11.9. The van der Waals surface area contributed by atoms with E-state index in [1.165, 1.54) is 12.5 Å². The van der Waals surface area contributed by atoms with Gasteiger partial charge in [0.1, 0.15) is 0 Å². The molecule has 0 saturated heterocycles. The van der Waals surface area contributed by atoms with Crippen molar-refractivity contribution in [3.05, 3.63) is 29.3 Å². The third-order valence-corrected chi connectivity index (χ3v) is 5.04. The molecule has 0 radical (unpaired) electrons. The van der Waals surface area contributed by atoms with Crippen molar-refractivity contribution in [3.8, 4) is 0 Å². The van der Waals surface area contributed by atoms with Crippen molar-refractivity contribution in [2.45, 2.75) is 33.4 Å². The number of hydrogen-bond acceptors (Lipinski definition) is 4. The third-order valence-electron chi connectivity index (χ3n) is 3.70. The number of anilines is 1. The maximum Gasteiger partial charge on any atom is 0.239 e. The summed E-state index contributed by atoms with van der Waals surface area (Å²) in [5, 5.41) is 2.81. The summed E-state index contributed by atoms with van der Waals surface area (Å²) in [4.78, 5) is 14.3. The van der Waals surface area contributed by atoms with Gasteiger partial charge < -0.3 is 5.32 Å². The molecule has 6 nitrogen and oxygen atoms in total. The van der Waals surface area contributed by atoms with E-state index < -0.39 is 10.0 Å². The number of benzene rings is 1. The van der Waals surface area contributed by atoms with Gasteiger partial charge in [-0.3, -0.25) is 9.69 Å². The van der Waals surface area contributed by atoms with E-state index in [0.29, 0.717) is 0 Å². The average Bonchev–Trinajstić information content (AvgIpc) is 2.89. The molecule has 0 atom stereocenters. The Hall–Kier alpha value is -1.44. The average molecular weight is 325 g/mol. The van der Waals surface area contributed by atoms with Crippen LogP contribution in [0, 0.1) is 0 Å². The zero-order valence-corrected chi connectivity index (χ0v) is 13.9. The maximum absolute atomic E-state index is 11.9. The van der Waals surface area contributed by atoms with Gasteiger partial charge in [-0.15, -0.1) is 0 Å². The number of amides is 1. The quantitative estimate of drug-likeness (QED) is 0.792. The molecule has 0 saturated carbocycles. The lowest BCUT2D eigenvalue weighted by atomic mass is 10.1. The van der Waals surface area contributed by atoms with Crippen LogP contribution in [-0.2, 0) is 27.9 Å². The second-order valence-electron chi connectivity index (χ2n) is 5.43. The minimum atomic E-state index is -3.35. The standard InChI is InChI=1S/C15H23N3O3S/c1-3-8-18-10-12-6-5-7-14(13(12)11-18)17-15(19)9-16-22(20,21)4-2/h5-7,16H,3-4,8-11H2,1-2H3,(H,17,19). The summed E-state index contributed by atoms with van der Waals surface area (Å²) in [7, 11) is -3.35. The zero-order chi connectivity index (χ0) is 16.2. The molecule has 0 spiro atoms. The van der Waals surface area contributed by atoms with E-state index >= 15 is 0 Å². The van der Waals surface area contributed by atoms with Crippen molar-refractivity contribution in [1.82, 2.24) is 9.62 Å². The van der Waals surface area contributed by atoms with Crippen molar-refractivity contribution < 1.29 is 13.2 Å². The smallest absolute Gasteiger partial charge is 0.239 e. The van der Waals surface area contributed by atoms with Crippen molar-refractivity contribution in [2.24, 2.45) is 0 Å². The largest absolute Gasteiger partial charge is 0.325 e. The molecule has 1 aromatic carbocycles. The first-order valence-electron chi connectivity index (χ1n) is 7.55. The molecule has 1 aliphatic heterocycles. The van der Waals surface area contributed by atoms with E-state index in [9.17, 15) is 13.2 Å². The normalized spacial score (nSPS) is 14.8. The molecule has 0 aliphatic carbocycles. The summed E-state index contributed by atoms with van der Waals surface area (Å²) in [6.45, 7) is 6.19. The number of nitrogens with one attached hydrogen (secondary N) is 2. The van der Waals surface area contributed by atoms with Crippen LogP contribution in [0.1, 0.15) is 31.4 Å². The van der Waals surface area contributed by atoms with Gasteiger partial charge in [-0.2, -0.15) is 0 Å². The minimum Gasteiger partial charge on any atom is -0.325 e. The Morgan fingerprint density at radius 3 is 2.73 bits per heavy atom. The number of carbonyl (C=O) groups is 1. The zero-order valence-electron chi connectivity index (χ0n) is 13.1. The molecule has 22 heavy (non-hydrogen) atoms. The monoisotopic (exact) mass is 325 g/mol. The lowest BCUT2D eigenvalue weighted by Gasteiger charge is -2.13. The van der Waals surface area contributed by atoms with E-state index in [-0.39, 0.29) is 18.2 Å². The van der Waals surface area contributed by atoms with Gasteiger partial charge in [0.2, 0.25) is 15.9 Å². The molecule has 0 bridgehead atoms. The number of nitrogens with zero attached hydrogens (tertiary/aromatic N) is 1. The van der Waals surface area contributed by atoms with Crippen LogP contribution >= 0.6 is 0 Å².